The first-order valence-electron chi connectivity index (χ1n) is 8.17. The number of hydrogen-bond donors (Lipinski definition) is 1. The van der Waals surface area contributed by atoms with Crippen molar-refractivity contribution in [2.75, 3.05) is 38.5 Å². The molecule has 0 spiro atoms. The van der Waals surface area contributed by atoms with Gasteiger partial charge >= 0.3 is 0 Å². The van der Waals surface area contributed by atoms with E-state index in [0.717, 1.165) is 12.8 Å². The lowest BCUT2D eigenvalue weighted by Gasteiger charge is -2.28. The zero-order valence-electron chi connectivity index (χ0n) is 13.5. The van der Waals surface area contributed by atoms with Gasteiger partial charge in [0.05, 0.1) is 10.6 Å². The van der Waals surface area contributed by atoms with E-state index in [2.05, 4.69) is 5.32 Å². The molecule has 134 valence electrons. The van der Waals surface area contributed by atoms with Gasteiger partial charge in [-0.3, -0.25) is 0 Å². The molecule has 2 aliphatic rings. The van der Waals surface area contributed by atoms with E-state index in [1.165, 1.54) is 8.61 Å². The number of nitrogens with one attached hydrogen (secondary N) is 1. The molecule has 0 bridgehead atoms. The number of piperazine rings is 1. The topological polar surface area (TPSA) is 86.8 Å². The minimum Gasteiger partial charge on any atom is -0.314 e. The summed E-state index contributed by atoms with van der Waals surface area (Å²) in [5.74, 6) is -0.171. The molecule has 0 aromatic heterocycles. The van der Waals surface area contributed by atoms with Gasteiger partial charge < -0.3 is 5.32 Å². The maximum absolute atomic E-state index is 12.8. The van der Waals surface area contributed by atoms with Crippen LogP contribution in [-0.2, 0) is 20.0 Å². The molecule has 1 saturated carbocycles. The number of nitrogens with zero attached hydrogens (tertiary/aromatic N) is 2. The van der Waals surface area contributed by atoms with Crippen molar-refractivity contribution in [2.45, 2.75) is 23.8 Å². The van der Waals surface area contributed by atoms with Crippen LogP contribution in [-0.4, -0.2) is 70.0 Å². The van der Waals surface area contributed by atoms with Gasteiger partial charge in [-0.25, -0.2) is 16.8 Å². The molecule has 1 aliphatic heterocycles. The third-order valence-corrected chi connectivity index (χ3v) is 8.16. The molecule has 1 aromatic carbocycles. The molecule has 1 saturated heterocycles. The second-order valence-corrected chi connectivity index (χ2v) is 10.1. The van der Waals surface area contributed by atoms with E-state index in [9.17, 15) is 16.8 Å². The molecule has 2 fully saturated rings. The molecule has 7 nitrogen and oxygen atoms in total. The Hall–Kier alpha value is -1.00. The lowest BCUT2D eigenvalue weighted by Crippen LogP contribution is -2.48. The van der Waals surface area contributed by atoms with Gasteiger partial charge in [-0.1, -0.05) is 18.2 Å². The zero-order valence-corrected chi connectivity index (χ0v) is 15.1. The first-order valence-corrected chi connectivity index (χ1v) is 11.2. The van der Waals surface area contributed by atoms with Gasteiger partial charge in [0, 0.05) is 38.8 Å². The average molecular weight is 374 g/mol. The highest BCUT2D eigenvalue weighted by Gasteiger charge is 2.39. The molecule has 1 N–H and O–H groups in total. The molecule has 0 radical (unpaired) electrons. The van der Waals surface area contributed by atoms with Gasteiger partial charge in [0.2, 0.25) is 20.0 Å². The van der Waals surface area contributed by atoms with E-state index >= 15 is 0 Å². The van der Waals surface area contributed by atoms with Gasteiger partial charge in [0.25, 0.3) is 0 Å². The summed E-state index contributed by atoms with van der Waals surface area (Å²) < 4.78 is 53.4. The van der Waals surface area contributed by atoms with Gasteiger partial charge in [0.15, 0.2) is 0 Å². The van der Waals surface area contributed by atoms with Crippen molar-refractivity contribution >= 4 is 20.0 Å². The van der Waals surface area contributed by atoms with Crippen molar-refractivity contribution in [3.63, 3.8) is 0 Å². The predicted octanol–water partition coefficient (Wildman–Crippen LogP) is 0.0747. The van der Waals surface area contributed by atoms with E-state index in [1.807, 2.05) is 0 Å². The first kappa shape index (κ1) is 17.8. The second-order valence-electron chi connectivity index (χ2n) is 6.13. The number of sulfonamides is 2. The zero-order chi connectivity index (χ0) is 17.2. The highest BCUT2D eigenvalue weighted by molar-refractivity contribution is 7.90. The van der Waals surface area contributed by atoms with Crippen LogP contribution in [0.2, 0.25) is 0 Å². The van der Waals surface area contributed by atoms with Crippen LogP contribution in [0.5, 0.6) is 0 Å². The summed E-state index contributed by atoms with van der Waals surface area (Å²) in [6.07, 6.45) is 1.58. The Balaban J connectivity index is 1.73. The Labute approximate surface area is 143 Å². The van der Waals surface area contributed by atoms with E-state index in [0.29, 0.717) is 26.2 Å². The monoisotopic (exact) mass is 373 g/mol. The summed E-state index contributed by atoms with van der Waals surface area (Å²) in [5, 5.41) is 3.11. The van der Waals surface area contributed by atoms with Gasteiger partial charge in [-0.05, 0) is 25.0 Å². The molecule has 24 heavy (non-hydrogen) atoms. The molecular formula is C15H23N3O4S2. The maximum atomic E-state index is 12.8. The van der Waals surface area contributed by atoms with Crippen LogP contribution < -0.4 is 5.32 Å². The van der Waals surface area contributed by atoms with Crippen LogP contribution in [0.25, 0.3) is 0 Å². The highest BCUT2D eigenvalue weighted by Crippen LogP contribution is 2.32. The molecule has 9 heteroatoms. The van der Waals surface area contributed by atoms with E-state index in [-0.39, 0.29) is 23.2 Å². The van der Waals surface area contributed by atoms with Crippen LogP contribution in [0.1, 0.15) is 12.8 Å². The van der Waals surface area contributed by atoms with E-state index in [4.69, 9.17) is 0 Å². The third-order valence-electron chi connectivity index (χ3n) is 4.34. The molecule has 3 rings (SSSR count). The number of hydrogen-bond acceptors (Lipinski definition) is 5. The Bertz CT molecular complexity index is 755. The summed E-state index contributed by atoms with van der Waals surface area (Å²) in [7, 11) is -7.09. The number of benzene rings is 1. The fourth-order valence-electron chi connectivity index (χ4n) is 2.85. The summed E-state index contributed by atoms with van der Waals surface area (Å²) >= 11 is 0. The van der Waals surface area contributed by atoms with Crippen LogP contribution in [0, 0.1) is 0 Å². The Morgan fingerprint density at radius 2 is 1.67 bits per heavy atom. The summed E-state index contributed by atoms with van der Waals surface area (Å²) in [5.41, 5.74) is 0. The average Bonchev–Trinajstić information content (AvgIpc) is 3.41. The van der Waals surface area contributed by atoms with Crippen molar-refractivity contribution in [1.29, 1.82) is 0 Å². The summed E-state index contributed by atoms with van der Waals surface area (Å²) in [6, 6.07) is 8.14. The maximum Gasteiger partial charge on any atom is 0.243 e. The lowest BCUT2D eigenvalue weighted by molar-refractivity contribution is 0.355. The standard InChI is InChI=1S/C15H23N3O4S2/c19-23(20,17-10-8-16-9-11-17)13-12-18(14-6-7-14)24(21,22)15-4-2-1-3-5-15/h1-5,14,16H,6-13H2. The van der Waals surface area contributed by atoms with Crippen molar-refractivity contribution in [2.24, 2.45) is 0 Å². The second kappa shape index (κ2) is 7.09. The highest BCUT2D eigenvalue weighted by atomic mass is 32.2. The Morgan fingerprint density at radius 1 is 1.04 bits per heavy atom. The normalized spacial score (nSPS) is 20.4. The predicted molar refractivity (Wildman–Crippen MR) is 91.6 cm³/mol. The van der Waals surface area contributed by atoms with Crippen molar-refractivity contribution < 1.29 is 16.8 Å². The molecule has 1 aliphatic carbocycles. The minimum absolute atomic E-state index is 0.00809. The first-order chi connectivity index (χ1) is 11.4. The Morgan fingerprint density at radius 3 is 2.25 bits per heavy atom. The van der Waals surface area contributed by atoms with E-state index < -0.39 is 20.0 Å². The van der Waals surface area contributed by atoms with Gasteiger partial charge in [0.1, 0.15) is 0 Å². The molecule has 1 heterocycles. The van der Waals surface area contributed by atoms with Crippen molar-refractivity contribution in [1.82, 2.24) is 13.9 Å². The van der Waals surface area contributed by atoms with Crippen molar-refractivity contribution in [3.05, 3.63) is 30.3 Å². The SMILES string of the molecule is O=S(=O)(CCN(C1CC1)S(=O)(=O)c1ccccc1)N1CCNCC1. The van der Waals surface area contributed by atoms with Gasteiger partial charge in [-0.15, -0.1) is 0 Å². The summed E-state index contributed by atoms with van der Waals surface area (Å²) in [6.45, 7) is 2.16. The van der Waals surface area contributed by atoms with Crippen LogP contribution in [0.15, 0.2) is 35.2 Å². The molecular weight excluding hydrogens is 350 g/mol. The van der Waals surface area contributed by atoms with E-state index in [1.54, 1.807) is 30.3 Å². The van der Waals surface area contributed by atoms with Crippen LogP contribution in [0.4, 0.5) is 0 Å². The quantitative estimate of drug-likeness (QED) is 0.731. The summed E-state index contributed by atoms with van der Waals surface area (Å²) in [4.78, 5) is 0.219. The van der Waals surface area contributed by atoms with Crippen LogP contribution in [0.3, 0.4) is 0 Å². The Kier molecular flexibility index (Phi) is 5.26. The minimum atomic E-state index is -3.65. The molecule has 0 atom stereocenters. The smallest absolute Gasteiger partial charge is 0.243 e. The largest absolute Gasteiger partial charge is 0.314 e. The third kappa shape index (κ3) is 3.97. The van der Waals surface area contributed by atoms with Gasteiger partial charge in [-0.2, -0.15) is 8.61 Å². The van der Waals surface area contributed by atoms with Crippen LogP contribution >= 0.6 is 0 Å². The molecule has 1 aromatic rings. The fraction of sp³-hybridized carbons (Fsp3) is 0.600. The molecule has 0 amide bonds. The molecule has 0 unspecified atom stereocenters. The van der Waals surface area contributed by atoms with Crippen molar-refractivity contribution in [3.8, 4) is 0 Å². The lowest BCUT2D eigenvalue weighted by atomic mass is 10.4. The number of rotatable bonds is 7. The fourth-order valence-corrected chi connectivity index (χ4v) is 6.09.